The zero-order valence-corrected chi connectivity index (χ0v) is 16.7. The van der Waals surface area contributed by atoms with E-state index in [9.17, 15) is 19.7 Å². The molecule has 1 heterocycles. The second-order valence-electron chi connectivity index (χ2n) is 6.89. The first-order valence-electron chi connectivity index (χ1n) is 9.67. The van der Waals surface area contributed by atoms with Gasteiger partial charge in [-0.3, -0.25) is 24.6 Å². The van der Waals surface area contributed by atoms with Crippen LogP contribution in [0.25, 0.3) is 0 Å². The molecule has 1 N–H and O–H groups in total. The first-order valence-corrected chi connectivity index (χ1v) is 9.67. The lowest BCUT2D eigenvalue weighted by Crippen LogP contribution is -2.50. The maximum absolute atomic E-state index is 12.7. The van der Waals surface area contributed by atoms with Crippen molar-refractivity contribution in [1.82, 2.24) is 15.1 Å². The Balaban J connectivity index is 1.45. The third-order valence-electron chi connectivity index (χ3n) is 5.06. The number of amides is 2. The molecule has 9 heteroatoms. The van der Waals surface area contributed by atoms with Crippen molar-refractivity contribution in [3.63, 3.8) is 0 Å². The highest BCUT2D eigenvalue weighted by atomic mass is 16.6. The number of methoxy groups -OCH3 is 1. The smallest absolute Gasteiger partial charge is 0.282 e. The van der Waals surface area contributed by atoms with Crippen LogP contribution < -0.4 is 10.1 Å². The molecule has 9 nitrogen and oxygen atoms in total. The zero-order chi connectivity index (χ0) is 21.5. The molecule has 30 heavy (non-hydrogen) atoms. The van der Waals surface area contributed by atoms with E-state index in [2.05, 4.69) is 10.2 Å². The summed E-state index contributed by atoms with van der Waals surface area (Å²) in [6.45, 7) is 3.41. The molecule has 2 aromatic rings. The number of ether oxygens (including phenoxy) is 1. The van der Waals surface area contributed by atoms with Crippen LogP contribution in [-0.2, 0) is 0 Å². The van der Waals surface area contributed by atoms with Gasteiger partial charge in [0, 0.05) is 50.9 Å². The molecule has 1 aliphatic rings. The predicted octanol–water partition coefficient (Wildman–Crippen LogP) is 1.79. The Morgan fingerprint density at radius 3 is 2.37 bits per heavy atom. The van der Waals surface area contributed by atoms with Gasteiger partial charge in [-0.25, -0.2) is 0 Å². The second-order valence-corrected chi connectivity index (χ2v) is 6.89. The molecule has 0 atom stereocenters. The number of carbonyl (C=O) groups is 2. The monoisotopic (exact) mass is 412 g/mol. The summed E-state index contributed by atoms with van der Waals surface area (Å²) < 4.78 is 5.08. The lowest BCUT2D eigenvalue weighted by atomic mass is 10.1. The third kappa shape index (κ3) is 5.12. The summed E-state index contributed by atoms with van der Waals surface area (Å²) in [5, 5.41) is 14.0. The van der Waals surface area contributed by atoms with Crippen molar-refractivity contribution in [3.8, 4) is 5.75 Å². The van der Waals surface area contributed by atoms with Crippen molar-refractivity contribution in [1.29, 1.82) is 0 Å². The van der Waals surface area contributed by atoms with Crippen molar-refractivity contribution in [3.05, 3.63) is 69.8 Å². The van der Waals surface area contributed by atoms with Crippen LogP contribution in [0.3, 0.4) is 0 Å². The normalized spacial score (nSPS) is 14.2. The molecule has 3 rings (SSSR count). The van der Waals surface area contributed by atoms with Gasteiger partial charge in [-0.05, 0) is 30.3 Å². The molecular formula is C21H24N4O5. The fraction of sp³-hybridized carbons (Fsp3) is 0.333. The van der Waals surface area contributed by atoms with E-state index >= 15 is 0 Å². The second kappa shape index (κ2) is 9.84. The number of para-hydroxylation sites is 1. The summed E-state index contributed by atoms with van der Waals surface area (Å²) in [5.41, 5.74) is 0.504. The van der Waals surface area contributed by atoms with Crippen molar-refractivity contribution < 1.29 is 19.2 Å². The highest BCUT2D eigenvalue weighted by Gasteiger charge is 2.27. The number of nitro benzene ring substituents is 1. The number of benzene rings is 2. The van der Waals surface area contributed by atoms with Crippen molar-refractivity contribution in [2.45, 2.75) is 0 Å². The molecule has 158 valence electrons. The minimum absolute atomic E-state index is 0.114. The number of carbonyl (C=O) groups excluding carboxylic acids is 2. The average Bonchev–Trinajstić information content (AvgIpc) is 2.79. The predicted molar refractivity (Wildman–Crippen MR) is 111 cm³/mol. The summed E-state index contributed by atoms with van der Waals surface area (Å²) >= 11 is 0. The van der Waals surface area contributed by atoms with Gasteiger partial charge in [0.15, 0.2) is 0 Å². The van der Waals surface area contributed by atoms with Gasteiger partial charge in [0.2, 0.25) is 0 Å². The Bertz CT molecular complexity index is 908. The fourth-order valence-corrected chi connectivity index (χ4v) is 3.33. The maximum atomic E-state index is 12.7. The molecule has 0 aliphatic carbocycles. The van der Waals surface area contributed by atoms with Gasteiger partial charge >= 0.3 is 0 Å². The Labute approximate surface area is 174 Å². The average molecular weight is 412 g/mol. The minimum atomic E-state index is -0.533. The summed E-state index contributed by atoms with van der Waals surface area (Å²) in [6, 6.07) is 12.9. The molecule has 0 saturated carbocycles. The molecule has 1 fully saturated rings. The topological polar surface area (TPSA) is 105 Å². The molecular weight excluding hydrogens is 388 g/mol. The summed E-state index contributed by atoms with van der Waals surface area (Å²) in [4.78, 5) is 39.3. The molecule has 0 radical (unpaired) electrons. The summed E-state index contributed by atoms with van der Waals surface area (Å²) in [7, 11) is 1.57. The highest BCUT2D eigenvalue weighted by molar-refractivity contribution is 5.98. The van der Waals surface area contributed by atoms with Crippen molar-refractivity contribution in [2.75, 3.05) is 46.4 Å². The Morgan fingerprint density at radius 1 is 1.07 bits per heavy atom. The van der Waals surface area contributed by atoms with E-state index in [4.69, 9.17) is 4.74 Å². The van der Waals surface area contributed by atoms with Crippen LogP contribution in [0.15, 0.2) is 48.5 Å². The van der Waals surface area contributed by atoms with E-state index in [0.717, 1.165) is 0 Å². The molecule has 2 aromatic carbocycles. The number of hydrogen-bond acceptors (Lipinski definition) is 6. The molecule has 0 unspecified atom stereocenters. The number of hydrogen-bond donors (Lipinski definition) is 1. The van der Waals surface area contributed by atoms with Gasteiger partial charge in [-0.15, -0.1) is 0 Å². The number of nitrogens with zero attached hydrogens (tertiary/aromatic N) is 3. The van der Waals surface area contributed by atoms with Crippen molar-refractivity contribution in [2.24, 2.45) is 0 Å². The quantitative estimate of drug-likeness (QED) is 0.549. The van der Waals surface area contributed by atoms with Gasteiger partial charge in [0.05, 0.1) is 12.0 Å². The van der Waals surface area contributed by atoms with E-state index < -0.39 is 4.92 Å². The fourth-order valence-electron chi connectivity index (χ4n) is 3.33. The van der Waals surface area contributed by atoms with E-state index in [0.29, 0.717) is 50.6 Å². The number of rotatable bonds is 7. The molecule has 0 aromatic heterocycles. The van der Waals surface area contributed by atoms with Gasteiger partial charge < -0.3 is 15.0 Å². The van der Waals surface area contributed by atoms with Crippen LogP contribution in [0, 0.1) is 10.1 Å². The standard InChI is InChI=1S/C21H24N4O5/c1-30-17-8-6-16(7-9-17)20(26)22-10-11-23-12-14-24(15-13-23)21(27)18-4-2-3-5-19(18)25(28)29/h2-9H,10-15H2,1H3,(H,22,26). The van der Waals surface area contributed by atoms with Crippen LogP contribution in [0.4, 0.5) is 5.69 Å². The molecule has 1 saturated heterocycles. The number of nitrogens with one attached hydrogen (secondary N) is 1. The Morgan fingerprint density at radius 2 is 1.73 bits per heavy atom. The van der Waals surface area contributed by atoms with Crippen LogP contribution >= 0.6 is 0 Å². The molecule has 1 aliphatic heterocycles. The first-order chi connectivity index (χ1) is 14.5. The van der Waals surface area contributed by atoms with E-state index in [1.165, 1.54) is 12.1 Å². The third-order valence-corrected chi connectivity index (χ3v) is 5.06. The van der Waals surface area contributed by atoms with Crippen LogP contribution in [0.2, 0.25) is 0 Å². The summed E-state index contributed by atoms with van der Waals surface area (Å²) in [5.74, 6) is 0.220. The number of nitro groups is 1. The van der Waals surface area contributed by atoms with Gasteiger partial charge in [0.25, 0.3) is 17.5 Å². The van der Waals surface area contributed by atoms with Gasteiger partial charge in [0.1, 0.15) is 11.3 Å². The first kappa shape index (κ1) is 21.3. The van der Waals surface area contributed by atoms with Crippen LogP contribution in [-0.4, -0.2) is 72.9 Å². The SMILES string of the molecule is COc1ccc(C(=O)NCCN2CCN(C(=O)c3ccccc3[N+](=O)[O-])CC2)cc1. The maximum Gasteiger partial charge on any atom is 0.282 e. The van der Waals surface area contributed by atoms with Gasteiger partial charge in [-0.1, -0.05) is 12.1 Å². The van der Waals surface area contributed by atoms with Crippen LogP contribution in [0.1, 0.15) is 20.7 Å². The van der Waals surface area contributed by atoms with Crippen LogP contribution in [0.5, 0.6) is 5.75 Å². The molecule has 0 bridgehead atoms. The Kier molecular flexibility index (Phi) is 6.97. The number of piperazine rings is 1. The Hall–Kier alpha value is -3.46. The highest BCUT2D eigenvalue weighted by Crippen LogP contribution is 2.20. The van der Waals surface area contributed by atoms with E-state index in [1.54, 1.807) is 48.4 Å². The lowest BCUT2D eigenvalue weighted by molar-refractivity contribution is -0.385. The summed E-state index contributed by atoms with van der Waals surface area (Å²) in [6.07, 6.45) is 0. The lowest BCUT2D eigenvalue weighted by Gasteiger charge is -2.34. The van der Waals surface area contributed by atoms with E-state index in [-0.39, 0.29) is 23.1 Å². The minimum Gasteiger partial charge on any atom is -0.497 e. The zero-order valence-electron chi connectivity index (χ0n) is 16.7. The molecule has 2 amide bonds. The largest absolute Gasteiger partial charge is 0.497 e. The molecule has 0 spiro atoms. The van der Waals surface area contributed by atoms with Gasteiger partial charge in [-0.2, -0.15) is 0 Å². The van der Waals surface area contributed by atoms with Crippen molar-refractivity contribution >= 4 is 17.5 Å². The van der Waals surface area contributed by atoms with E-state index in [1.807, 2.05) is 0 Å².